The molecule has 6 nitrogen and oxygen atoms in total. The Labute approximate surface area is 79.1 Å². The molecule has 0 bridgehead atoms. The maximum atomic E-state index is 10.5. The van der Waals surface area contributed by atoms with Gasteiger partial charge in [-0.2, -0.15) is 0 Å². The van der Waals surface area contributed by atoms with Gasteiger partial charge in [0.15, 0.2) is 0 Å². The summed E-state index contributed by atoms with van der Waals surface area (Å²) < 4.78 is 4.20. The summed E-state index contributed by atoms with van der Waals surface area (Å²) in [5.74, 6) is -3.85. The topological polar surface area (TPSA) is 101 Å². The van der Waals surface area contributed by atoms with Crippen LogP contribution in [-0.4, -0.2) is 35.2 Å². The largest absolute Gasteiger partial charge is 0.477 e. The zero-order valence-corrected chi connectivity index (χ0v) is 7.26. The molecule has 0 aromatic heterocycles. The molecule has 0 unspecified atom stereocenters. The molecule has 0 rings (SSSR count). The van der Waals surface area contributed by atoms with E-state index in [1.165, 1.54) is 0 Å². The molecule has 0 saturated carbocycles. The quantitative estimate of drug-likeness (QED) is 0.214. The smallest absolute Gasteiger partial charge is 0.343 e. The molecule has 0 amide bonds. The maximum Gasteiger partial charge on any atom is 0.343 e. The van der Waals surface area contributed by atoms with E-state index in [1.807, 2.05) is 0 Å². The maximum absolute atomic E-state index is 10.5. The van der Waals surface area contributed by atoms with Crippen molar-refractivity contribution in [3.63, 3.8) is 0 Å². The van der Waals surface area contributed by atoms with Crippen LogP contribution in [0.5, 0.6) is 0 Å². The van der Waals surface area contributed by atoms with E-state index in [9.17, 15) is 14.4 Å². The van der Waals surface area contributed by atoms with E-state index in [0.29, 0.717) is 0 Å². The molecule has 0 aromatic rings. The second kappa shape index (κ2) is 5.52. The van der Waals surface area contributed by atoms with Gasteiger partial charge in [0.25, 0.3) is 0 Å². The van der Waals surface area contributed by atoms with Gasteiger partial charge < -0.3 is 14.9 Å². The van der Waals surface area contributed by atoms with Crippen LogP contribution < -0.4 is 0 Å². The zero-order chi connectivity index (χ0) is 11.1. The van der Waals surface area contributed by atoms with Crippen molar-refractivity contribution in [3.8, 4) is 0 Å². The highest BCUT2D eigenvalue weighted by atomic mass is 16.5. The van der Waals surface area contributed by atoms with Gasteiger partial charge in [0, 0.05) is 6.08 Å². The monoisotopic (exact) mass is 200 g/mol. The van der Waals surface area contributed by atoms with Crippen LogP contribution in [0.1, 0.15) is 0 Å². The Morgan fingerprint density at radius 2 is 1.64 bits per heavy atom. The first-order chi connectivity index (χ1) is 6.49. The lowest BCUT2D eigenvalue weighted by Gasteiger charge is -1.91. The average molecular weight is 200 g/mol. The fraction of sp³-hybridized carbons (Fsp3) is 0.125. The molecular weight excluding hydrogens is 192 g/mol. The van der Waals surface area contributed by atoms with Gasteiger partial charge in [-0.05, 0) is 6.08 Å². The molecular formula is C8H8O6. The zero-order valence-electron chi connectivity index (χ0n) is 7.26. The number of rotatable bonds is 4. The van der Waals surface area contributed by atoms with Crippen LogP contribution in [0.4, 0.5) is 0 Å². The summed E-state index contributed by atoms with van der Waals surface area (Å²) in [6.45, 7) is 0. The molecule has 0 fully saturated rings. The standard InChI is InChI=1S/C8H8O6/c1-14-6(9)4-2-3-5(7(10)11)8(12)13/h2-4H,1H3,(H,10,11)(H,12,13)/b4-2-. The van der Waals surface area contributed by atoms with Gasteiger partial charge >= 0.3 is 17.9 Å². The molecule has 0 radical (unpaired) electrons. The SMILES string of the molecule is COC(=O)/C=C\C=C(C(=O)O)C(=O)O. The van der Waals surface area contributed by atoms with Crippen molar-refractivity contribution in [2.24, 2.45) is 0 Å². The van der Waals surface area contributed by atoms with E-state index in [1.54, 1.807) is 0 Å². The van der Waals surface area contributed by atoms with Crippen LogP contribution in [0.15, 0.2) is 23.8 Å². The molecule has 0 spiro atoms. The van der Waals surface area contributed by atoms with Gasteiger partial charge in [0.1, 0.15) is 5.57 Å². The fourth-order valence-electron chi connectivity index (χ4n) is 0.525. The second-order valence-corrected chi connectivity index (χ2v) is 2.07. The van der Waals surface area contributed by atoms with Crippen molar-refractivity contribution in [1.29, 1.82) is 0 Å². The third-order valence-corrected chi connectivity index (χ3v) is 1.16. The Hall–Kier alpha value is -2.11. The number of carbonyl (C=O) groups is 3. The van der Waals surface area contributed by atoms with E-state index in [4.69, 9.17) is 10.2 Å². The minimum Gasteiger partial charge on any atom is -0.477 e. The first kappa shape index (κ1) is 11.9. The second-order valence-electron chi connectivity index (χ2n) is 2.07. The van der Waals surface area contributed by atoms with Gasteiger partial charge in [0.2, 0.25) is 0 Å². The minimum absolute atomic E-state index is 0.698. The summed E-state index contributed by atoms with van der Waals surface area (Å²) in [7, 11) is 1.14. The highest BCUT2D eigenvalue weighted by Crippen LogP contribution is 1.95. The number of hydrogen-bond donors (Lipinski definition) is 2. The Balaban J connectivity index is 4.62. The summed E-state index contributed by atoms with van der Waals surface area (Å²) in [6, 6.07) is 0. The molecule has 0 aromatic carbocycles. The third kappa shape index (κ3) is 4.05. The van der Waals surface area contributed by atoms with Crippen molar-refractivity contribution < 1.29 is 29.3 Å². The van der Waals surface area contributed by atoms with E-state index < -0.39 is 23.5 Å². The lowest BCUT2D eigenvalue weighted by molar-refractivity contribution is -0.140. The number of esters is 1. The third-order valence-electron chi connectivity index (χ3n) is 1.16. The molecule has 0 aliphatic carbocycles. The van der Waals surface area contributed by atoms with E-state index >= 15 is 0 Å². The molecule has 0 aliphatic heterocycles. The predicted molar refractivity (Wildman–Crippen MR) is 44.5 cm³/mol. The van der Waals surface area contributed by atoms with Crippen LogP contribution in [0.25, 0.3) is 0 Å². The van der Waals surface area contributed by atoms with Crippen LogP contribution in [0.3, 0.4) is 0 Å². The highest BCUT2D eigenvalue weighted by Gasteiger charge is 2.14. The summed E-state index contributed by atoms with van der Waals surface area (Å²) in [6.07, 6.45) is 2.69. The molecule has 0 saturated heterocycles. The van der Waals surface area contributed by atoms with Crippen LogP contribution in [0.2, 0.25) is 0 Å². The number of carboxylic acid groups (broad SMARTS) is 2. The highest BCUT2D eigenvalue weighted by molar-refractivity contribution is 6.12. The Bertz CT molecular complexity index is 296. The van der Waals surface area contributed by atoms with Crippen molar-refractivity contribution in [2.45, 2.75) is 0 Å². The lowest BCUT2D eigenvalue weighted by Crippen LogP contribution is -2.10. The van der Waals surface area contributed by atoms with Crippen molar-refractivity contribution in [2.75, 3.05) is 7.11 Å². The average Bonchev–Trinajstić information content (AvgIpc) is 2.10. The minimum atomic E-state index is -1.58. The number of methoxy groups -OCH3 is 1. The van der Waals surface area contributed by atoms with E-state index in [2.05, 4.69) is 4.74 Å². The molecule has 14 heavy (non-hydrogen) atoms. The summed E-state index contributed by atoms with van der Waals surface area (Å²) in [4.78, 5) is 31.1. The fourth-order valence-corrected chi connectivity index (χ4v) is 0.525. The lowest BCUT2D eigenvalue weighted by atomic mass is 10.2. The summed E-state index contributed by atoms with van der Waals surface area (Å²) in [5.41, 5.74) is -0.829. The van der Waals surface area contributed by atoms with Gasteiger partial charge in [0.05, 0.1) is 7.11 Å². The van der Waals surface area contributed by atoms with E-state index in [-0.39, 0.29) is 0 Å². The number of carboxylic acids is 2. The van der Waals surface area contributed by atoms with Gasteiger partial charge in [-0.15, -0.1) is 0 Å². The Morgan fingerprint density at radius 3 is 2.00 bits per heavy atom. The number of ether oxygens (including phenoxy) is 1. The molecule has 0 heterocycles. The molecule has 2 N–H and O–H groups in total. The predicted octanol–water partition coefficient (Wildman–Crippen LogP) is -0.189. The van der Waals surface area contributed by atoms with Gasteiger partial charge in [-0.25, -0.2) is 14.4 Å². The molecule has 0 aliphatic rings. The molecule has 0 atom stereocenters. The Kier molecular flexibility index (Phi) is 4.69. The molecule has 76 valence electrons. The first-order valence-corrected chi connectivity index (χ1v) is 3.42. The van der Waals surface area contributed by atoms with Gasteiger partial charge in [-0.3, -0.25) is 0 Å². The van der Waals surface area contributed by atoms with Crippen LogP contribution in [-0.2, 0) is 19.1 Å². The Morgan fingerprint density at radius 1 is 1.14 bits per heavy atom. The van der Waals surface area contributed by atoms with E-state index in [0.717, 1.165) is 25.3 Å². The van der Waals surface area contributed by atoms with Gasteiger partial charge in [-0.1, -0.05) is 6.08 Å². The number of hydrogen-bond acceptors (Lipinski definition) is 4. The summed E-state index contributed by atoms with van der Waals surface area (Å²) in [5, 5.41) is 16.7. The first-order valence-electron chi connectivity index (χ1n) is 3.42. The number of carbonyl (C=O) groups excluding carboxylic acids is 1. The van der Waals surface area contributed by atoms with Crippen LogP contribution in [0, 0.1) is 0 Å². The van der Waals surface area contributed by atoms with Crippen molar-refractivity contribution >= 4 is 17.9 Å². The number of allylic oxidation sites excluding steroid dienone is 2. The van der Waals surface area contributed by atoms with Crippen molar-refractivity contribution in [1.82, 2.24) is 0 Å². The summed E-state index contributed by atoms with van der Waals surface area (Å²) >= 11 is 0. The van der Waals surface area contributed by atoms with Crippen LogP contribution >= 0.6 is 0 Å². The number of aliphatic carboxylic acids is 2. The normalized spacial score (nSPS) is 9.50. The van der Waals surface area contributed by atoms with Crippen molar-refractivity contribution in [3.05, 3.63) is 23.8 Å². The molecule has 6 heteroatoms.